The Labute approximate surface area is 122 Å². The normalized spacial score (nSPS) is 18.3. The highest BCUT2D eigenvalue weighted by Gasteiger charge is 2.26. The van der Waals surface area contributed by atoms with E-state index in [1.165, 1.54) is 0 Å². The van der Waals surface area contributed by atoms with Gasteiger partial charge in [-0.2, -0.15) is 0 Å². The van der Waals surface area contributed by atoms with Gasteiger partial charge in [-0.05, 0) is 48.9 Å². The minimum Gasteiger partial charge on any atom is -0.369 e. The summed E-state index contributed by atoms with van der Waals surface area (Å²) >= 11 is 0. The second-order valence-corrected chi connectivity index (χ2v) is 6.61. The largest absolute Gasteiger partial charge is 0.369 e. The minimum absolute atomic E-state index is 0.0829. The van der Waals surface area contributed by atoms with Crippen molar-refractivity contribution >= 4 is 5.69 Å². The lowest BCUT2D eigenvalue weighted by molar-refractivity contribution is 0.279. The molecule has 1 heterocycles. The number of hydrogen-bond donors (Lipinski definition) is 1. The molecule has 2 nitrogen and oxygen atoms in total. The van der Waals surface area contributed by atoms with E-state index in [0.29, 0.717) is 5.41 Å². The summed E-state index contributed by atoms with van der Waals surface area (Å²) in [6.07, 6.45) is 3.36. The lowest BCUT2D eigenvalue weighted by Crippen LogP contribution is -2.37. The average molecular weight is 278 g/mol. The Balaban J connectivity index is 1.99. The molecule has 1 aromatic carbocycles. The molecule has 0 unspecified atom stereocenters. The van der Waals surface area contributed by atoms with Crippen LogP contribution in [0.3, 0.4) is 0 Å². The molecule has 1 aliphatic rings. The second kappa shape index (κ2) is 6.57. The molecule has 1 N–H and O–H groups in total. The Bertz CT molecular complexity index is 433. The number of piperidine rings is 1. The van der Waals surface area contributed by atoms with Crippen molar-refractivity contribution in [1.29, 1.82) is 0 Å². The Kier molecular flexibility index (Phi) is 5.03. The van der Waals surface area contributed by atoms with Gasteiger partial charge in [0.2, 0.25) is 0 Å². The van der Waals surface area contributed by atoms with Crippen molar-refractivity contribution in [2.24, 2.45) is 5.41 Å². The molecule has 0 amide bonds. The molecule has 20 heavy (non-hydrogen) atoms. The molecule has 0 saturated carbocycles. The number of anilines is 1. The molecule has 1 saturated heterocycles. The fraction of sp³-hybridized carbons (Fsp3) is 0.647. The molecule has 0 spiro atoms. The van der Waals surface area contributed by atoms with Crippen molar-refractivity contribution in [3.8, 4) is 0 Å². The van der Waals surface area contributed by atoms with Crippen LogP contribution in [0.5, 0.6) is 0 Å². The van der Waals surface area contributed by atoms with Gasteiger partial charge in [0.1, 0.15) is 5.82 Å². The van der Waals surface area contributed by atoms with Crippen LogP contribution in [0.25, 0.3) is 0 Å². The van der Waals surface area contributed by atoms with Crippen LogP contribution in [0.1, 0.15) is 45.6 Å². The van der Waals surface area contributed by atoms with Crippen LogP contribution in [0.2, 0.25) is 0 Å². The first-order valence-electron chi connectivity index (χ1n) is 7.76. The Morgan fingerprint density at radius 1 is 1.25 bits per heavy atom. The quantitative estimate of drug-likeness (QED) is 0.820. The minimum atomic E-state index is -0.0829. The SMILES string of the molecule is CCCNCc1ccc(N2CCC(C)(C)CC2)c(F)c1. The van der Waals surface area contributed by atoms with Crippen molar-refractivity contribution in [2.75, 3.05) is 24.5 Å². The predicted octanol–water partition coefficient (Wildman–Crippen LogP) is 3.95. The molecule has 1 aromatic rings. The zero-order valence-electron chi connectivity index (χ0n) is 13.0. The topological polar surface area (TPSA) is 15.3 Å². The molecular formula is C17H27FN2. The smallest absolute Gasteiger partial charge is 0.146 e. The number of halogens is 1. The van der Waals surface area contributed by atoms with Crippen LogP contribution in [-0.4, -0.2) is 19.6 Å². The van der Waals surface area contributed by atoms with Gasteiger partial charge in [-0.3, -0.25) is 0 Å². The molecule has 0 atom stereocenters. The fourth-order valence-electron chi connectivity index (χ4n) is 2.68. The molecule has 3 heteroatoms. The first-order chi connectivity index (χ1) is 9.52. The molecular weight excluding hydrogens is 251 g/mol. The van der Waals surface area contributed by atoms with Crippen LogP contribution in [0, 0.1) is 11.2 Å². The van der Waals surface area contributed by atoms with Crippen LogP contribution < -0.4 is 10.2 Å². The summed E-state index contributed by atoms with van der Waals surface area (Å²) in [4.78, 5) is 2.18. The van der Waals surface area contributed by atoms with Crippen molar-refractivity contribution in [2.45, 2.75) is 46.6 Å². The number of hydrogen-bond acceptors (Lipinski definition) is 2. The van der Waals surface area contributed by atoms with Gasteiger partial charge in [-0.1, -0.05) is 26.8 Å². The van der Waals surface area contributed by atoms with E-state index < -0.39 is 0 Å². The molecule has 112 valence electrons. The fourth-order valence-corrected chi connectivity index (χ4v) is 2.68. The van der Waals surface area contributed by atoms with Crippen molar-refractivity contribution in [3.63, 3.8) is 0 Å². The summed E-state index contributed by atoms with van der Waals surface area (Å²) in [7, 11) is 0. The molecule has 0 bridgehead atoms. The third-order valence-corrected chi connectivity index (χ3v) is 4.23. The van der Waals surface area contributed by atoms with Crippen LogP contribution in [0.4, 0.5) is 10.1 Å². The van der Waals surface area contributed by atoms with Crippen LogP contribution in [0.15, 0.2) is 18.2 Å². The molecule has 0 radical (unpaired) electrons. The molecule has 2 rings (SSSR count). The summed E-state index contributed by atoms with van der Waals surface area (Å²) in [5.41, 5.74) is 2.19. The molecule has 0 aliphatic carbocycles. The average Bonchev–Trinajstić information content (AvgIpc) is 2.40. The predicted molar refractivity (Wildman–Crippen MR) is 83.6 cm³/mol. The number of nitrogens with one attached hydrogen (secondary N) is 1. The molecule has 1 aliphatic heterocycles. The maximum absolute atomic E-state index is 14.3. The van der Waals surface area contributed by atoms with E-state index in [4.69, 9.17) is 0 Å². The van der Waals surface area contributed by atoms with Gasteiger partial charge in [-0.15, -0.1) is 0 Å². The monoisotopic (exact) mass is 278 g/mol. The first kappa shape index (κ1) is 15.3. The van der Waals surface area contributed by atoms with E-state index in [9.17, 15) is 4.39 Å². The highest BCUT2D eigenvalue weighted by Crippen LogP contribution is 2.33. The van der Waals surface area contributed by atoms with E-state index in [1.54, 1.807) is 6.07 Å². The van der Waals surface area contributed by atoms with Crippen LogP contribution in [-0.2, 0) is 6.54 Å². The number of rotatable bonds is 5. The van der Waals surface area contributed by atoms with Crippen LogP contribution >= 0.6 is 0 Å². The van der Waals surface area contributed by atoms with Crippen molar-refractivity contribution in [1.82, 2.24) is 5.32 Å². The molecule has 0 aromatic heterocycles. The summed E-state index contributed by atoms with van der Waals surface area (Å²) in [6.45, 7) is 10.4. The maximum atomic E-state index is 14.3. The highest BCUT2D eigenvalue weighted by atomic mass is 19.1. The third kappa shape index (κ3) is 3.95. The summed E-state index contributed by atoms with van der Waals surface area (Å²) in [6, 6.07) is 5.66. The van der Waals surface area contributed by atoms with E-state index in [2.05, 4.69) is 31.0 Å². The third-order valence-electron chi connectivity index (χ3n) is 4.23. The summed E-state index contributed by atoms with van der Waals surface area (Å²) in [5.74, 6) is -0.0829. The van der Waals surface area contributed by atoms with Gasteiger partial charge < -0.3 is 10.2 Å². The summed E-state index contributed by atoms with van der Waals surface area (Å²) < 4.78 is 14.3. The maximum Gasteiger partial charge on any atom is 0.146 e. The van der Waals surface area contributed by atoms with Gasteiger partial charge >= 0.3 is 0 Å². The van der Waals surface area contributed by atoms with Crippen molar-refractivity contribution in [3.05, 3.63) is 29.6 Å². The lowest BCUT2D eigenvalue weighted by atomic mass is 9.82. The first-order valence-corrected chi connectivity index (χ1v) is 7.76. The van der Waals surface area contributed by atoms with Gasteiger partial charge in [0.25, 0.3) is 0 Å². The lowest BCUT2D eigenvalue weighted by Gasteiger charge is -2.38. The van der Waals surface area contributed by atoms with Gasteiger partial charge in [0, 0.05) is 19.6 Å². The van der Waals surface area contributed by atoms with Crippen molar-refractivity contribution < 1.29 is 4.39 Å². The zero-order chi connectivity index (χ0) is 14.6. The molecule has 1 fully saturated rings. The zero-order valence-corrected chi connectivity index (χ0v) is 13.0. The van der Waals surface area contributed by atoms with Gasteiger partial charge in [0.15, 0.2) is 0 Å². The van der Waals surface area contributed by atoms with Gasteiger partial charge in [-0.25, -0.2) is 4.39 Å². The Morgan fingerprint density at radius 2 is 1.95 bits per heavy atom. The standard InChI is InChI=1S/C17H27FN2/c1-4-9-19-13-14-5-6-16(15(18)12-14)20-10-7-17(2,3)8-11-20/h5-6,12,19H,4,7-11,13H2,1-3H3. The van der Waals surface area contributed by atoms with E-state index in [-0.39, 0.29) is 5.82 Å². The van der Waals surface area contributed by atoms with E-state index >= 15 is 0 Å². The number of nitrogens with zero attached hydrogens (tertiary/aromatic N) is 1. The van der Waals surface area contributed by atoms with E-state index in [1.807, 2.05) is 12.1 Å². The number of benzene rings is 1. The summed E-state index contributed by atoms with van der Waals surface area (Å²) in [5, 5.41) is 3.31. The Hall–Kier alpha value is -1.09. The highest BCUT2D eigenvalue weighted by molar-refractivity contribution is 5.49. The second-order valence-electron chi connectivity index (χ2n) is 6.61. The van der Waals surface area contributed by atoms with Gasteiger partial charge in [0.05, 0.1) is 5.69 Å². The Morgan fingerprint density at radius 3 is 2.55 bits per heavy atom. The van der Waals surface area contributed by atoms with E-state index in [0.717, 1.165) is 56.7 Å².